The van der Waals surface area contributed by atoms with Crippen LogP contribution in [0.5, 0.6) is 17.2 Å². The average molecular weight is 1830 g/mol. The maximum atomic E-state index is 15.0. The van der Waals surface area contributed by atoms with Gasteiger partial charge in [-0.15, -0.1) is 10.2 Å². The molecule has 530 valence electrons. The van der Waals surface area contributed by atoms with Crippen molar-refractivity contribution in [3.8, 4) is 38.4 Å². The molecular formula is C61H86Ac2N10O22S2. The molecule has 32 nitrogen and oxygen atoms in total. The third-order valence-electron chi connectivity index (χ3n) is 16.4. The maximum absolute atomic E-state index is 15.0. The summed E-state index contributed by atoms with van der Waals surface area (Å²) in [4.78, 5) is 104. The van der Waals surface area contributed by atoms with Gasteiger partial charge in [-0.25, -0.2) is 0 Å². The smallest absolute Gasteiger partial charge is 0.266 e. The molecular weight excluding hydrogens is 1740 g/mol. The summed E-state index contributed by atoms with van der Waals surface area (Å²) in [5, 5.41) is 123. The monoisotopic (exact) mass is 1830 g/mol. The number of phenols is 1. The van der Waals surface area contributed by atoms with Crippen LogP contribution >= 0.6 is 22.5 Å². The number of aliphatic hydroxyl groups is 8. The summed E-state index contributed by atoms with van der Waals surface area (Å²) in [7, 11) is 1.69. The number of unbranched alkanes of at least 4 members (excludes halogenated alkanes) is 4. The topological polar surface area (TPSA) is 494 Å². The zero-order valence-electron chi connectivity index (χ0n) is 53.7. The SMILES string of the molecule is COCCCCCCCOc1ccc(-c2nnc(-c3ccc(C(=O)N[C@H]4C[C@@H](O)CNC(=O)[C@@H]5[C@@H](O)[C@@H](C)CN5C(=O)[C@H]([C@H](O)CCNC(CO)CO)NC(=O)[C@H]([C@H](O)Cc5ccc(O)c(OS(O)(O)O)c5)NC(=O)[C@@H]5C[C@@H](O)CN5C(=O)[C@H]([C@@H](C)O)NC4=O)cc3)s2)cc1.[Ac].[Ac]. The van der Waals surface area contributed by atoms with Crippen molar-refractivity contribution in [3.05, 3.63) is 77.9 Å². The number of aromatic nitrogens is 2. The van der Waals surface area contributed by atoms with Crippen LogP contribution in [0.15, 0.2) is 66.7 Å². The van der Waals surface area contributed by atoms with E-state index in [0.717, 1.165) is 79.2 Å². The van der Waals surface area contributed by atoms with Gasteiger partial charge in [0, 0.05) is 163 Å². The first-order valence-corrected chi connectivity index (χ1v) is 33.3. The maximum Gasteiger partial charge on any atom is 0.266 e. The van der Waals surface area contributed by atoms with Gasteiger partial charge in [-0.1, -0.05) is 55.7 Å². The van der Waals surface area contributed by atoms with E-state index in [1.807, 2.05) is 24.3 Å². The predicted molar refractivity (Wildman–Crippen MR) is 341 cm³/mol. The molecule has 3 aromatic carbocycles. The number of carbonyl (C=O) groups is 7. The number of methoxy groups -OCH3 is 1. The fourth-order valence-electron chi connectivity index (χ4n) is 11.2. The number of benzene rings is 3. The molecule has 0 aliphatic carbocycles. The van der Waals surface area contributed by atoms with E-state index in [0.29, 0.717) is 27.9 Å². The molecule has 0 bridgehead atoms. The number of nitrogens with one attached hydrogen (secondary N) is 6. The first-order valence-electron chi connectivity index (χ1n) is 31.0. The van der Waals surface area contributed by atoms with Crippen LogP contribution in [0.25, 0.3) is 21.1 Å². The molecule has 0 saturated carbocycles. The minimum atomic E-state index is -4.74. The molecule has 4 heterocycles. The third kappa shape index (κ3) is 23.9. The van der Waals surface area contributed by atoms with E-state index in [4.69, 9.17) is 9.47 Å². The molecule has 1 aromatic heterocycles. The van der Waals surface area contributed by atoms with Gasteiger partial charge in [0.15, 0.2) is 11.5 Å². The van der Waals surface area contributed by atoms with Crippen LogP contribution in [0, 0.1) is 94.0 Å². The second-order valence-electron chi connectivity index (χ2n) is 23.8. The van der Waals surface area contributed by atoms with Crippen molar-refractivity contribution in [1.29, 1.82) is 0 Å². The van der Waals surface area contributed by atoms with Gasteiger partial charge >= 0.3 is 0 Å². The Morgan fingerprint density at radius 3 is 1.94 bits per heavy atom. The number of nitrogens with zero attached hydrogens (tertiary/aromatic N) is 4. The van der Waals surface area contributed by atoms with Crippen LogP contribution in [0.3, 0.4) is 0 Å². The number of fused-ring (bicyclic) bond motifs is 2. The van der Waals surface area contributed by atoms with Crippen LogP contribution < -0.4 is 40.8 Å². The molecule has 3 aliphatic heterocycles. The zero-order valence-corrected chi connectivity index (χ0v) is 64.8. The van der Waals surface area contributed by atoms with E-state index in [2.05, 4.69) is 46.3 Å². The van der Waals surface area contributed by atoms with E-state index >= 15 is 0 Å². The van der Waals surface area contributed by atoms with Gasteiger partial charge < -0.3 is 101 Å². The predicted octanol–water partition coefficient (Wildman–Crippen LogP) is -1.65. The Labute approximate surface area is 636 Å². The quantitative estimate of drug-likeness (QED) is 0.0313. The second kappa shape index (κ2) is 39.7. The number of carbonyl (C=O) groups excluding carboxylic acids is 7. The first kappa shape index (κ1) is 83.3. The molecule has 18 N–H and O–H groups in total. The van der Waals surface area contributed by atoms with Gasteiger partial charge in [0.25, 0.3) is 17.1 Å². The van der Waals surface area contributed by atoms with E-state index in [-0.39, 0.29) is 112 Å². The molecule has 2 radical (unpaired) electrons. The van der Waals surface area contributed by atoms with Crippen LogP contribution in [0.4, 0.5) is 0 Å². The fourth-order valence-corrected chi connectivity index (χ4v) is 12.4. The summed E-state index contributed by atoms with van der Waals surface area (Å²) in [5.74, 6) is -9.81. The summed E-state index contributed by atoms with van der Waals surface area (Å²) in [6.07, 6.45) is -7.90. The molecule has 36 heteroatoms. The van der Waals surface area contributed by atoms with Crippen molar-refractivity contribution in [3.63, 3.8) is 0 Å². The van der Waals surface area contributed by atoms with E-state index < -0.39 is 201 Å². The van der Waals surface area contributed by atoms with Crippen LogP contribution in [0.2, 0.25) is 0 Å². The standard InChI is InChI=1S/C61H86N10O22S2.2Ac/c1-32-28-71-51(52(32)80)57(85)63-27-39(75)25-42(64-53(81)35-10-12-36(13-11-35)58-68-69-59(94-58)37-14-16-41(17-15-37)92-22-8-6-4-5-7-21-91-3)54(82)65-48(33(2)74)60(86)70-29-40(76)26-43(70)55(83)66-49(46(79)23-34-9-18-44(77)47(24-34)93-95(88,89)90)56(84)67-50(61(71)87)45(78)19-20-62-38(30-72)31-73;;/h9-18,24,32-33,38-40,42-43,45-46,48-52,62,72-80,88-90H,4-8,19-23,25-31H2,1-3H3,(H,63,85)(H,64,81)(H,65,82)(H,66,83)(H,67,84);;/t32-,33+,39+,40+,42-,43-,45+,46+,48-,49-,50-,51-,52-;;/m0../s1. The number of amides is 7. The van der Waals surface area contributed by atoms with Crippen molar-refractivity contribution in [2.24, 2.45) is 5.92 Å². The molecule has 4 aromatic rings. The van der Waals surface area contributed by atoms with Crippen molar-refractivity contribution >= 4 is 63.8 Å². The van der Waals surface area contributed by atoms with Gasteiger partial charge in [-0.3, -0.25) is 47.2 Å². The number of rotatable bonds is 26. The summed E-state index contributed by atoms with van der Waals surface area (Å²) in [6.45, 7) is 0.836. The number of hydrogen-bond donors (Lipinski definition) is 18. The van der Waals surface area contributed by atoms with Crippen molar-refractivity contribution in [2.75, 3.05) is 59.7 Å². The van der Waals surface area contributed by atoms with Gasteiger partial charge in [0.1, 0.15) is 52.0 Å². The largest absolute Gasteiger partial charge is 0.504 e. The summed E-state index contributed by atoms with van der Waals surface area (Å²) < 4.78 is 44.4. The number of aliphatic hydroxyl groups excluding tert-OH is 8. The number of ether oxygens (including phenoxy) is 2. The molecule has 3 fully saturated rings. The van der Waals surface area contributed by atoms with Crippen LogP contribution in [-0.4, -0.2) is 260 Å². The second-order valence-corrected chi connectivity index (χ2v) is 25.9. The number of hydrogen-bond acceptors (Lipinski definition) is 26. The molecule has 7 rings (SSSR count). The first-order chi connectivity index (χ1) is 45.2. The Morgan fingerprint density at radius 2 is 1.32 bits per heavy atom. The molecule has 3 aliphatic rings. The average Bonchev–Trinajstić information content (AvgIpc) is 1.68. The Balaban J connectivity index is 0.00000850. The Bertz CT molecular complexity index is 3230. The van der Waals surface area contributed by atoms with Gasteiger partial charge in [-0.2, -0.15) is 0 Å². The fraction of sp³-hybridized carbons (Fsp3) is 0.557. The van der Waals surface area contributed by atoms with Crippen molar-refractivity contribution in [2.45, 2.75) is 151 Å². The van der Waals surface area contributed by atoms with E-state index in [9.17, 15) is 93.2 Å². The zero-order chi connectivity index (χ0) is 69.3. The molecule has 0 unspecified atom stereocenters. The van der Waals surface area contributed by atoms with Gasteiger partial charge in [0.05, 0.1) is 62.5 Å². The van der Waals surface area contributed by atoms with E-state index in [1.165, 1.54) is 30.4 Å². The number of phenolic OH excluding ortho intramolecular Hbond substituents is 1. The minimum Gasteiger partial charge on any atom is -0.504 e. The molecule has 0 spiro atoms. The third-order valence-corrected chi connectivity index (χ3v) is 17.8. The van der Waals surface area contributed by atoms with Crippen LogP contribution in [0.1, 0.15) is 81.1 Å². The molecule has 7 amide bonds. The summed E-state index contributed by atoms with van der Waals surface area (Å²) in [5.41, 5.74) is 1.29. The molecule has 3 saturated heterocycles. The summed E-state index contributed by atoms with van der Waals surface area (Å²) in [6, 6.07) is 3.93. The van der Waals surface area contributed by atoms with E-state index in [1.54, 1.807) is 19.2 Å². The Kier molecular flexibility index (Phi) is 34.1. The molecule has 13 atom stereocenters. The Morgan fingerprint density at radius 1 is 0.722 bits per heavy atom. The van der Waals surface area contributed by atoms with Gasteiger partial charge in [-0.05, 0) is 86.8 Å². The number of aromatic hydroxyl groups is 1. The minimum absolute atomic E-state index is 0. The van der Waals surface area contributed by atoms with Crippen molar-refractivity contribution < 1.29 is 195 Å². The van der Waals surface area contributed by atoms with Crippen molar-refractivity contribution in [1.82, 2.24) is 51.9 Å². The number of β-amino-alcohol motifs (C(OH)–C–C–N with tert-alkyl or cyclic N) is 1. The van der Waals surface area contributed by atoms with Crippen LogP contribution in [-0.2, 0) is 39.9 Å². The normalized spacial score (nSPS) is 24.2. The molecule has 97 heavy (non-hydrogen) atoms. The summed E-state index contributed by atoms with van der Waals surface area (Å²) >= 11 is -3.46. The van der Waals surface area contributed by atoms with Gasteiger partial charge in [0.2, 0.25) is 35.4 Å². The Hall–Kier alpha value is -4.38.